The van der Waals surface area contributed by atoms with Crippen LogP contribution in [0, 0.1) is 17.1 Å². The van der Waals surface area contributed by atoms with E-state index in [1.165, 1.54) is 12.1 Å². The molecule has 21 heavy (non-hydrogen) atoms. The number of hydrogen-bond donors (Lipinski definition) is 0. The van der Waals surface area contributed by atoms with E-state index in [-0.39, 0.29) is 22.6 Å². The van der Waals surface area contributed by atoms with Crippen molar-refractivity contribution in [3.63, 3.8) is 0 Å². The zero-order valence-corrected chi connectivity index (χ0v) is 11.2. The maximum absolute atomic E-state index is 13.8. The number of rotatable bonds is 4. The smallest absolute Gasteiger partial charge is 0.264 e. The molecule has 0 aliphatic rings. The van der Waals surface area contributed by atoms with Crippen LogP contribution < -0.4 is 4.74 Å². The summed E-state index contributed by atoms with van der Waals surface area (Å²) in [7, 11) is 0. The molecule has 2 rings (SSSR count). The largest absolute Gasteiger partial charge is 0.454 e. The number of ether oxygens (including phenoxy) is 1. The molecule has 0 atom stereocenters. The zero-order valence-electron chi connectivity index (χ0n) is 11.2. The summed E-state index contributed by atoms with van der Waals surface area (Å²) in [6, 6.07) is 9.76. The molecule has 0 aromatic heterocycles. The van der Waals surface area contributed by atoms with Gasteiger partial charge >= 0.3 is 0 Å². The summed E-state index contributed by atoms with van der Waals surface area (Å²) in [4.78, 5) is 0. The fraction of sp³-hybridized carbons (Fsp3) is 0.188. The lowest BCUT2D eigenvalue weighted by Crippen LogP contribution is -1.96. The second-order valence-corrected chi connectivity index (χ2v) is 4.39. The number of nitrogens with zero attached hydrogens (tertiary/aromatic N) is 1. The average molecular weight is 291 g/mol. The second-order valence-electron chi connectivity index (χ2n) is 4.39. The Bertz CT molecular complexity index is 692. The number of aryl methyl sites for hydroxylation is 1. The third-order valence-electron chi connectivity index (χ3n) is 2.96. The van der Waals surface area contributed by atoms with E-state index in [0.29, 0.717) is 12.0 Å². The van der Waals surface area contributed by atoms with Gasteiger partial charge in [0, 0.05) is 5.56 Å². The highest BCUT2D eigenvalue weighted by molar-refractivity contribution is 5.45. The summed E-state index contributed by atoms with van der Waals surface area (Å²) in [5.74, 6) is -0.560. The summed E-state index contributed by atoms with van der Waals surface area (Å²) in [6.45, 7) is 1.83. The highest BCUT2D eigenvalue weighted by Crippen LogP contribution is 2.32. The van der Waals surface area contributed by atoms with Crippen LogP contribution in [0.4, 0.5) is 13.2 Å². The molecule has 0 heterocycles. The van der Waals surface area contributed by atoms with Crippen LogP contribution in [0.3, 0.4) is 0 Å². The summed E-state index contributed by atoms with van der Waals surface area (Å²) < 4.78 is 44.8. The summed E-state index contributed by atoms with van der Waals surface area (Å²) in [6.07, 6.45) is -2.20. The molecule has 2 aromatic carbocycles. The fourth-order valence-corrected chi connectivity index (χ4v) is 1.94. The molecular weight excluding hydrogens is 279 g/mol. The first-order valence-electron chi connectivity index (χ1n) is 6.33. The molecule has 0 bridgehead atoms. The minimum Gasteiger partial charge on any atom is -0.454 e. The van der Waals surface area contributed by atoms with Crippen molar-refractivity contribution in [1.82, 2.24) is 0 Å². The first-order chi connectivity index (χ1) is 10.0. The Morgan fingerprint density at radius 1 is 1.24 bits per heavy atom. The van der Waals surface area contributed by atoms with Gasteiger partial charge in [-0.15, -0.1) is 0 Å². The molecular formula is C16H12F3NO. The standard InChI is InChI=1S/C16H12F3NO/c1-2-11-4-3-5-14(17)15(11)21-13-7-10(9-20)6-12(8-13)16(18)19/h3-8,16H,2H2,1H3. The predicted molar refractivity (Wildman–Crippen MR) is 72.0 cm³/mol. The van der Waals surface area contributed by atoms with Gasteiger partial charge in [-0.05, 0) is 36.2 Å². The second kappa shape index (κ2) is 6.31. The zero-order chi connectivity index (χ0) is 15.4. The fourth-order valence-electron chi connectivity index (χ4n) is 1.94. The van der Waals surface area contributed by atoms with Crippen LogP contribution in [0.5, 0.6) is 11.5 Å². The lowest BCUT2D eigenvalue weighted by molar-refractivity contribution is 0.151. The van der Waals surface area contributed by atoms with Gasteiger partial charge < -0.3 is 4.74 Å². The van der Waals surface area contributed by atoms with Gasteiger partial charge in [0.25, 0.3) is 6.43 Å². The van der Waals surface area contributed by atoms with E-state index >= 15 is 0 Å². The number of halogens is 3. The normalized spacial score (nSPS) is 10.5. The van der Waals surface area contributed by atoms with E-state index in [1.807, 2.05) is 6.92 Å². The Balaban J connectivity index is 2.45. The van der Waals surface area contributed by atoms with Gasteiger partial charge in [0.1, 0.15) is 5.75 Å². The van der Waals surface area contributed by atoms with Crippen LogP contribution >= 0.6 is 0 Å². The van der Waals surface area contributed by atoms with E-state index < -0.39 is 12.2 Å². The molecule has 0 unspecified atom stereocenters. The van der Waals surface area contributed by atoms with Crippen molar-refractivity contribution in [2.45, 2.75) is 19.8 Å². The van der Waals surface area contributed by atoms with Crippen molar-refractivity contribution < 1.29 is 17.9 Å². The summed E-state index contributed by atoms with van der Waals surface area (Å²) >= 11 is 0. The first kappa shape index (κ1) is 14.9. The Hall–Kier alpha value is -2.48. The van der Waals surface area contributed by atoms with Crippen LogP contribution in [-0.4, -0.2) is 0 Å². The molecule has 0 amide bonds. The number of benzene rings is 2. The van der Waals surface area contributed by atoms with Crippen molar-refractivity contribution >= 4 is 0 Å². The maximum atomic E-state index is 13.8. The SMILES string of the molecule is CCc1cccc(F)c1Oc1cc(C#N)cc(C(F)F)c1. The highest BCUT2D eigenvalue weighted by Gasteiger charge is 2.14. The van der Waals surface area contributed by atoms with Gasteiger partial charge in [0.15, 0.2) is 11.6 Å². The Morgan fingerprint density at radius 2 is 2.00 bits per heavy atom. The predicted octanol–water partition coefficient (Wildman–Crippen LogP) is 4.99. The molecule has 0 aliphatic heterocycles. The van der Waals surface area contributed by atoms with E-state index in [1.54, 1.807) is 18.2 Å². The molecule has 0 radical (unpaired) electrons. The molecule has 0 spiro atoms. The van der Waals surface area contributed by atoms with Crippen LogP contribution in [0.15, 0.2) is 36.4 Å². The van der Waals surface area contributed by atoms with Gasteiger partial charge in [-0.3, -0.25) is 0 Å². The quantitative estimate of drug-likeness (QED) is 0.795. The monoisotopic (exact) mass is 291 g/mol. The van der Waals surface area contributed by atoms with E-state index in [0.717, 1.165) is 12.1 Å². The number of para-hydroxylation sites is 1. The van der Waals surface area contributed by atoms with Gasteiger partial charge in [-0.2, -0.15) is 5.26 Å². The molecule has 0 aliphatic carbocycles. The van der Waals surface area contributed by atoms with E-state index in [4.69, 9.17) is 10.00 Å². The van der Waals surface area contributed by atoms with Gasteiger partial charge in [-0.25, -0.2) is 13.2 Å². The van der Waals surface area contributed by atoms with Crippen molar-refractivity contribution in [1.29, 1.82) is 5.26 Å². The van der Waals surface area contributed by atoms with Crippen molar-refractivity contribution in [2.24, 2.45) is 0 Å². The molecule has 2 aromatic rings. The summed E-state index contributed by atoms with van der Waals surface area (Å²) in [5.41, 5.74) is 0.326. The van der Waals surface area contributed by atoms with Crippen LogP contribution in [0.1, 0.15) is 30.0 Å². The number of hydrogen-bond acceptors (Lipinski definition) is 2. The van der Waals surface area contributed by atoms with Crippen LogP contribution in [-0.2, 0) is 6.42 Å². The van der Waals surface area contributed by atoms with Crippen molar-refractivity contribution in [3.8, 4) is 17.6 Å². The van der Waals surface area contributed by atoms with Gasteiger partial charge in [-0.1, -0.05) is 19.1 Å². The average Bonchev–Trinajstić information content (AvgIpc) is 2.48. The topological polar surface area (TPSA) is 33.0 Å². The molecule has 0 saturated carbocycles. The molecule has 2 nitrogen and oxygen atoms in total. The third-order valence-corrected chi connectivity index (χ3v) is 2.96. The Kier molecular flexibility index (Phi) is 4.49. The lowest BCUT2D eigenvalue weighted by Gasteiger charge is -2.12. The summed E-state index contributed by atoms with van der Waals surface area (Å²) in [5, 5.41) is 8.87. The first-order valence-corrected chi connectivity index (χ1v) is 6.33. The molecule has 0 fully saturated rings. The minimum atomic E-state index is -2.73. The lowest BCUT2D eigenvalue weighted by atomic mass is 10.1. The van der Waals surface area contributed by atoms with E-state index in [9.17, 15) is 13.2 Å². The van der Waals surface area contributed by atoms with Gasteiger partial charge in [0.05, 0.1) is 11.6 Å². The van der Waals surface area contributed by atoms with Gasteiger partial charge in [0.2, 0.25) is 0 Å². The molecule has 5 heteroatoms. The van der Waals surface area contributed by atoms with Crippen LogP contribution in [0.25, 0.3) is 0 Å². The highest BCUT2D eigenvalue weighted by atomic mass is 19.3. The number of alkyl halides is 2. The maximum Gasteiger partial charge on any atom is 0.264 e. The third kappa shape index (κ3) is 3.34. The molecule has 0 saturated heterocycles. The Morgan fingerprint density at radius 3 is 2.62 bits per heavy atom. The molecule has 108 valence electrons. The van der Waals surface area contributed by atoms with Crippen molar-refractivity contribution in [2.75, 3.05) is 0 Å². The number of nitriles is 1. The Labute approximate surface area is 120 Å². The minimum absolute atomic E-state index is 0.00435. The van der Waals surface area contributed by atoms with Crippen molar-refractivity contribution in [3.05, 3.63) is 58.9 Å². The van der Waals surface area contributed by atoms with E-state index in [2.05, 4.69) is 0 Å². The molecule has 0 N–H and O–H groups in total. The van der Waals surface area contributed by atoms with Crippen LogP contribution in [0.2, 0.25) is 0 Å².